The van der Waals surface area contributed by atoms with Crippen LogP contribution in [-0.2, 0) is 31.0 Å². The van der Waals surface area contributed by atoms with Gasteiger partial charge in [-0.05, 0) is 72.7 Å². The number of ether oxygens (including phenoxy) is 2. The second-order valence-corrected chi connectivity index (χ2v) is 17.8. The third-order valence-corrected chi connectivity index (χ3v) is 11.7. The molecule has 0 saturated carbocycles. The van der Waals surface area contributed by atoms with Gasteiger partial charge in [0, 0.05) is 74.3 Å². The second-order valence-electron chi connectivity index (χ2n) is 17.8. The number of H-pyrrole nitrogens is 1. The number of ketones is 3. The molecular weight excluding hydrogens is 841 g/mol. The number of nitrogens with two attached hydrogens (primary N) is 3. The molecular formula is C50H62N8O8. The first-order chi connectivity index (χ1) is 31.4. The zero-order valence-corrected chi connectivity index (χ0v) is 38.7. The zero-order chi connectivity index (χ0) is 48.3. The molecule has 4 atom stereocenters. The average Bonchev–Trinajstić information content (AvgIpc) is 3.28. The van der Waals surface area contributed by atoms with Crippen molar-refractivity contribution in [2.45, 2.75) is 90.6 Å². The summed E-state index contributed by atoms with van der Waals surface area (Å²) in [5.41, 5.74) is 20.8. The molecule has 350 valence electrons. The van der Waals surface area contributed by atoms with Crippen molar-refractivity contribution in [2.24, 2.45) is 29.0 Å². The summed E-state index contributed by atoms with van der Waals surface area (Å²) >= 11 is 0. The number of hydrogen-bond donors (Lipinski definition) is 5. The highest BCUT2D eigenvalue weighted by Gasteiger charge is 2.36. The lowest BCUT2D eigenvalue weighted by Gasteiger charge is -2.32. The lowest BCUT2D eigenvalue weighted by Crippen LogP contribution is -2.46. The standard InChI is InChI=1S/C50H62N8O8/c1-29-24-41(61)45(58(6)49(64)34(17-19-52)28-40(60)44-30(2)55-46(57-48(44)63)32-10-13-35(14-11-32)50(3,4)5)33-12-16-43(66-23-21-54)37(27-33)36-25-31(9-15-42(36)65-22-20-53)26-38(56-47(29)62)39(59)8-7-18-51/h9-16,25,27,29,34,38,45H,7-8,17,19-24,26,28,52-54H2,1-6H3,(H,56,62)(H,55,57,63)/t29-,34-,38+,45+/m1/s1. The number of Topliss-reactive ketones (excluding diaryl/α,β-unsaturated/α-hetero) is 3. The molecule has 0 unspecified atom stereocenters. The molecule has 3 aromatic carbocycles. The number of nitrogens with one attached hydrogen (secondary N) is 2. The van der Waals surface area contributed by atoms with Gasteiger partial charge in [0.2, 0.25) is 11.8 Å². The summed E-state index contributed by atoms with van der Waals surface area (Å²) in [7, 11) is 1.45. The van der Waals surface area contributed by atoms with Crippen LogP contribution in [0, 0.1) is 30.1 Å². The number of fused-ring (bicyclic) bond motifs is 5. The molecule has 16 heteroatoms. The zero-order valence-electron chi connectivity index (χ0n) is 38.7. The number of rotatable bonds is 17. The molecule has 2 heterocycles. The molecule has 4 bridgehead atoms. The van der Waals surface area contributed by atoms with Crippen molar-refractivity contribution in [2.75, 3.05) is 39.9 Å². The normalized spacial score (nSPS) is 16.9. The van der Waals surface area contributed by atoms with E-state index in [1.54, 1.807) is 50.2 Å². The Morgan fingerprint density at radius 2 is 1.55 bits per heavy atom. The van der Waals surface area contributed by atoms with E-state index < -0.39 is 59.3 Å². The predicted octanol–water partition coefficient (Wildman–Crippen LogP) is 4.63. The maximum absolute atomic E-state index is 14.7. The van der Waals surface area contributed by atoms with Crippen LogP contribution < -0.4 is 37.6 Å². The Morgan fingerprint density at radius 3 is 2.14 bits per heavy atom. The highest BCUT2D eigenvalue weighted by atomic mass is 16.5. The number of aromatic amines is 1. The number of nitrogens with zero attached hydrogens (tertiary/aromatic N) is 3. The number of benzene rings is 3. The highest BCUT2D eigenvalue weighted by molar-refractivity contribution is 6.00. The van der Waals surface area contributed by atoms with E-state index in [9.17, 15) is 34.0 Å². The Kier molecular flexibility index (Phi) is 17.3. The average molecular weight is 903 g/mol. The molecule has 16 nitrogen and oxygen atoms in total. The van der Waals surface area contributed by atoms with Gasteiger partial charge in [-0.15, -0.1) is 0 Å². The van der Waals surface area contributed by atoms with Gasteiger partial charge in [0.25, 0.3) is 5.56 Å². The van der Waals surface area contributed by atoms with Gasteiger partial charge in [-0.25, -0.2) is 4.98 Å². The van der Waals surface area contributed by atoms with Gasteiger partial charge in [0.05, 0.1) is 17.8 Å². The summed E-state index contributed by atoms with van der Waals surface area (Å²) in [4.78, 5) is 93.0. The van der Waals surface area contributed by atoms with Crippen LogP contribution in [0.5, 0.6) is 11.5 Å². The van der Waals surface area contributed by atoms with E-state index in [2.05, 4.69) is 36.1 Å². The largest absolute Gasteiger partial charge is 0.492 e. The van der Waals surface area contributed by atoms with Crippen molar-refractivity contribution in [1.29, 1.82) is 5.26 Å². The monoisotopic (exact) mass is 902 g/mol. The summed E-state index contributed by atoms with van der Waals surface area (Å²) < 4.78 is 12.2. The van der Waals surface area contributed by atoms with Crippen LogP contribution in [0.2, 0.25) is 0 Å². The van der Waals surface area contributed by atoms with Crippen molar-refractivity contribution in [3.8, 4) is 40.1 Å². The maximum atomic E-state index is 14.7. The van der Waals surface area contributed by atoms with E-state index in [-0.39, 0.29) is 87.4 Å². The number of aryl methyl sites for hydroxylation is 1. The van der Waals surface area contributed by atoms with E-state index >= 15 is 0 Å². The lowest BCUT2D eigenvalue weighted by molar-refractivity contribution is -0.142. The minimum Gasteiger partial charge on any atom is -0.492 e. The van der Waals surface area contributed by atoms with E-state index in [0.29, 0.717) is 45.1 Å². The van der Waals surface area contributed by atoms with Gasteiger partial charge in [0.15, 0.2) is 17.3 Å². The number of carbonyl (C=O) groups is 5. The molecule has 4 aromatic rings. The smallest absolute Gasteiger partial charge is 0.262 e. The molecule has 1 aliphatic rings. The Bertz CT molecular complexity index is 2520. The van der Waals surface area contributed by atoms with Gasteiger partial charge >= 0.3 is 0 Å². The van der Waals surface area contributed by atoms with E-state index in [1.165, 1.54) is 11.9 Å². The van der Waals surface area contributed by atoms with Gasteiger partial charge in [0.1, 0.15) is 42.1 Å². The van der Waals surface area contributed by atoms with Crippen LogP contribution in [-0.4, -0.2) is 90.0 Å². The van der Waals surface area contributed by atoms with Crippen molar-refractivity contribution >= 4 is 29.2 Å². The van der Waals surface area contributed by atoms with E-state index in [4.69, 9.17) is 26.7 Å². The SMILES string of the molecule is Cc1nc(-c2ccc(C(C)(C)C)cc2)[nH]c(=O)c1C(=O)C[C@@H](CCN)C(=O)N(C)[C@@H]1C(=O)C[C@@H](C)C(=O)N[C@H](C(=O)CCC#N)Cc2ccc(OCCN)c(c2)-c2cc1ccc2OCCN. The fourth-order valence-corrected chi connectivity index (χ4v) is 8.15. The summed E-state index contributed by atoms with van der Waals surface area (Å²) in [6.45, 7) is 10.1. The fraction of sp³-hybridized carbons (Fsp3) is 0.440. The number of carbonyl (C=O) groups excluding carboxylic acids is 5. The van der Waals surface area contributed by atoms with Crippen LogP contribution in [0.15, 0.2) is 65.5 Å². The van der Waals surface area contributed by atoms with Crippen LogP contribution >= 0.6 is 0 Å². The molecule has 66 heavy (non-hydrogen) atoms. The summed E-state index contributed by atoms with van der Waals surface area (Å²) in [6, 6.07) is 17.6. The van der Waals surface area contributed by atoms with Gasteiger partial charge in [-0.3, -0.25) is 28.8 Å². The Morgan fingerprint density at radius 1 is 0.909 bits per heavy atom. The lowest BCUT2D eigenvalue weighted by atomic mass is 9.86. The Labute approximate surface area is 385 Å². The number of amides is 2. The summed E-state index contributed by atoms with van der Waals surface area (Å²) in [6.07, 6.45) is -0.756. The van der Waals surface area contributed by atoms with Crippen LogP contribution in [0.1, 0.15) is 98.6 Å². The van der Waals surface area contributed by atoms with Crippen molar-refractivity contribution in [3.63, 3.8) is 0 Å². The molecule has 0 spiro atoms. The predicted molar refractivity (Wildman–Crippen MR) is 251 cm³/mol. The first kappa shape index (κ1) is 50.5. The Balaban J connectivity index is 1.57. The van der Waals surface area contributed by atoms with Crippen molar-refractivity contribution < 1.29 is 33.4 Å². The molecule has 0 radical (unpaired) electrons. The fourth-order valence-electron chi connectivity index (χ4n) is 8.15. The first-order valence-electron chi connectivity index (χ1n) is 22.3. The van der Waals surface area contributed by atoms with Crippen LogP contribution in [0.4, 0.5) is 0 Å². The third kappa shape index (κ3) is 12.2. The topological polar surface area (TPSA) is 267 Å². The molecule has 0 saturated heterocycles. The highest BCUT2D eigenvalue weighted by Crippen LogP contribution is 2.41. The molecule has 1 aromatic heterocycles. The maximum Gasteiger partial charge on any atom is 0.262 e. The van der Waals surface area contributed by atoms with Crippen LogP contribution in [0.25, 0.3) is 22.5 Å². The van der Waals surface area contributed by atoms with Crippen molar-refractivity contribution in [1.82, 2.24) is 20.2 Å². The molecule has 2 amide bonds. The molecule has 8 N–H and O–H groups in total. The van der Waals surface area contributed by atoms with Gasteiger partial charge in [-0.1, -0.05) is 64.1 Å². The summed E-state index contributed by atoms with van der Waals surface area (Å²) in [5.74, 6) is -3.54. The number of hydrogen-bond acceptors (Lipinski definition) is 13. The van der Waals surface area contributed by atoms with E-state index in [0.717, 1.165) is 5.56 Å². The number of likely N-dealkylation sites (N-methyl/N-ethyl adjacent to an activating group) is 1. The first-order valence-corrected chi connectivity index (χ1v) is 22.3. The van der Waals surface area contributed by atoms with Crippen LogP contribution in [0.3, 0.4) is 0 Å². The quantitative estimate of drug-likeness (QED) is 0.0906. The van der Waals surface area contributed by atoms with Gasteiger partial charge in [-0.2, -0.15) is 5.26 Å². The van der Waals surface area contributed by atoms with Gasteiger partial charge < -0.3 is 41.9 Å². The second kappa shape index (κ2) is 22.6. The minimum absolute atomic E-state index is 0.0118. The molecule has 1 aliphatic heterocycles. The minimum atomic E-state index is -1.30. The third-order valence-electron chi connectivity index (χ3n) is 11.7. The molecule has 0 aliphatic carbocycles. The number of aromatic nitrogens is 2. The van der Waals surface area contributed by atoms with Crippen molar-refractivity contribution in [3.05, 3.63) is 99.0 Å². The number of nitriles is 1. The Hall–Kier alpha value is -6.54. The van der Waals surface area contributed by atoms with E-state index in [1.807, 2.05) is 30.3 Å². The molecule has 5 rings (SSSR count). The molecule has 0 fully saturated rings. The summed E-state index contributed by atoms with van der Waals surface area (Å²) in [5, 5.41) is 12.1.